The van der Waals surface area contributed by atoms with Crippen LogP contribution < -0.4 is 0 Å². The number of benzene rings is 2. The van der Waals surface area contributed by atoms with E-state index in [1.165, 1.54) is 5.56 Å². The lowest BCUT2D eigenvalue weighted by Gasteiger charge is -2.25. The van der Waals surface area contributed by atoms with Crippen molar-refractivity contribution in [3.63, 3.8) is 0 Å². The molecule has 5 heteroatoms. The second kappa shape index (κ2) is 9.07. The van der Waals surface area contributed by atoms with E-state index < -0.39 is 0 Å². The van der Waals surface area contributed by atoms with Crippen LogP contribution in [0.2, 0.25) is 10.0 Å². The maximum atomic E-state index is 6.16. The number of hydrogen-bond acceptors (Lipinski definition) is 2. The lowest BCUT2D eigenvalue weighted by molar-refractivity contribution is 0.0806. The summed E-state index contributed by atoms with van der Waals surface area (Å²) in [6.07, 6.45) is 1.17. The Balaban J connectivity index is 0.00000208. The van der Waals surface area contributed by atoms with Gasteiger partial charge in [-0.2, -0.15) is 0 Å². The van der Waals surface area contributed by atoms with E-state index in [9.17, 15) is 0 Å². The van der Waals surface area contributed by atoms with Crippen LogP contribution in [0.4, 0.5) is 0 Å². The molecule has 3 rings (SSSR count). The molecule has 2 nitrogen and oxygen atoms in total. The monoisotopic (exact) mass is 385 g/mol. The maximum Gasteiger partial charge on any atom is 0.0866 e. The van der Waals surface area contributed by atoms with Gasteiger partial charge < -0.3 is 9.64 Å². The predicted molar refractivity (Wildman–Crippen MR) is 103 cm³/mol. The molecule has 0 aromatic heterocycles. The van der Waals surface area contributed by atoms with Gasteiger partial charge in [-0.3, -0.25) is 0 Å². The van der Waals surface area contributed by atoms with Crippen LogP contribution in [0.5, 0.6) is 0 Å². The first-order valence-electron chi connectivity index (χ1n) is 7.92. The van der Waals surface area contributed by atoms with E-state index in [4.69, 9.17) is 27.9 Å². The van der Waals surface area contributed by atoms with Crippen molar-refractivity contribution in [1.82, 2.24) is 4.90 Å². The van der Waals surface area contributed by atoms with Crippen LogP contribution in [0.25, 0.3) is 0 Å². The molecule has 1 fully saturated rings. The summed E-state index contributed by atoms with van der Waals surface area (Å²) in [6, 6.07) is 16.4. The van der Waals surface area contributed by atoms with Crippen molar-refractivity contribution in [2.24, 2.45) is 5.92 Å². The molecule has 2 aromatic carbocycles. The molecule has 2 aromatic rings. The minimum Gasteiger partial charge on any atom is -0.373 e. The van der Waals surface area contributed by atoms with E-state index >= 15 is 0 Å². The first-order valence-corrected chi connectivity index (χ1v) is 8.68. The smallest absolute Gasteiger partial charge is 0.0866 e. The van der Waals surface area contributed by atoms with Gasteiger partial charge in [0.05, 0.1) is 16.1 Å². The highest BCUT2D eigenvalue weighted by Crippen LogP contribution is 2.37. The van der Waals surface area contributed by atoms with Gasteiger partial charge in [0, 0.05) is 25.6 Å². The van der Waals surface area contributed by atoms with Gasteiger partial charge >= 0.3 is 0 Å². The normalized spacial score (nSPS) is 20.2. The van der Waals surface area contributed by atoms with E-state index in [1.54, 1.807) is 0 Å². The third-order valence-electron chi connectivity index (χ3n) is 4.33. The van der Waals surface area contributed by atoms with E-state index in [1.807, 2.05) is 18.2 Å². The molecule has 2 atom stereocenters. The summed E-state index contributed by atoms with van der Waals surface area (Å²) in [5, 5.41) is 1.18. The Hall–Kier alpha value is -0.770. The van der Waals surface area contributed by atoms with Crippen LogP contribution in [0.15, 0.2) is 48.5 Å². The Kier molecular flexibility index (Phi) is 7.39. The van der Waals surface area contributed by atoms with Crippen molar-refractivity contribution in [3.05, 3.63) is 69.7 Å². The Morgan fingerprint density at radius 3 is 2.54 bits per heavy atom. The highest BCUT2D eigenvalue weighted by Gasteiger charge is 2.30. The summed E-state index contributed by atoms with van der Waals surface area (Å²) in [4.78, 5) is 2.36. The highest BCUT2D eigenvalue weighted by molar-refractivity contribution is 6.42. The van der Waals surface area contributed by atoms with Crippen molar-refractivity contribution in [2.75, 3.05) is 20.2 Å². The SMILES string of the molecule is CN(Cc1ccccc1)CC1CCOC1c1ccc(Cl)c(Cl)c1.Cl. The van der Waals surface area contributed by atoms with Crippen LogP contribution in [-0.4, -0.2) is 25.1 Å². The van der Waals surface area contributed by atoms with Crippen molar-refractivity contribution in [2.45, 2.75) is 19.1 Å². The third-order valence-corrected chi connectivity index (χ3v) is 5.07. The number of rotatable bonds is 5. The number of nitrogens with zero attached hydrogens (tertiary/aromatic N) is 1. The molecular weight excluding hydrogens is 365 g/mol. The lowest BCUT2D eigenvalue weighted by Crippen LogP contribution is -2.27. The molecule has 1 aliphatic rings. The molecule has 2 unspecified atom stereocenters. The number of halogens is 3. The van der Waals surface area contributed by atoms with E-state index in [2.05, 4.69) is 42.3 Å². The van der Waals surface area contributed by atoms with Crippen molar-refractivity contribution < 1.29 is 4.74 Å². The van der Waals surface area contributed by atoms with Crippen LogP contribution in [0.3, 0.4) is 0 Å². The van der Waals surface area contributed by atoms with Gasteiger partial charge in [0.25, 0.3) is 0 Å². The summed E-state index contributed by atoms with van der Waals surface area (Å²) < 4.78 is 5.97. The second-order valence-corrected chi connectivity index (χ2v) is 7.01. The summed E-state index contributed by atoms with van der Waals surface area (Å²) in [5.41, 5.74) is 2.45. The summed E-state index contributed by atoms with van der Waals surface area (Å²) in [7, 11) is 2.16. The number of ether oxygens (including phenoxy) is 1. The van der Waals surface area contributed by atoms with Crippen LogP contribution in [0, 0.1) is 5.92 Å². The van der Waals surface area contributed by atoms with Crippen LogP contribution in [-0.2, 0) is 11.3 Å². The Morgan fingerprint density at radius 1 is 1.08 bits per heavy atom. The Bertz CT molecular complexity index is 650. The maximum absolute atomic E-state index is 6.16. The van der Waals surface area contributed by atoms with Crippen LogP contribution in [0.1, 0.15) is 23.7 Å². The minimum atomic E-state index is 0. The van der Waals surface area contributed by atoms with Crippen molar-refractivity contribution in [1.29, 1.82) is 0 Å². The predicted octanol–water partition coefficient (Wildman–Crippen LogP) is 5.62. The summed E-state index contributed by atoms with van der Waals surface area (Å²) >= 11 is 12.2. The van der Waals surface area contributed by atoms with Gasteiger partial charge in [-0.15, -0.1) is 12.4 Å². The molecule has 0 aliphatic carbocycles. The zero-order chi connectivity index (χ0) is 16.2. The molecule has 1 saturated heterocycles. The van der Waals surface area contributed by atoms with E-state index in [0.29, 0.717) is 16.0 Å². The summed E-state index contributed by atoms with van der Waals surface area (Å²) in [6.45, 7) is 2.75. The molecule has 24 heavy (non-hydrogen) atoms. The van der Waals surface area contributed by atoms with E-state index in [0.717, 1.165) is 31.7 Å². The van der Waals surface area contributed by atoms with Gasteiger partial charge in [0.1, 0.15) is 0 Å². The molecular formula is C19H22Cl3NO. The first kappa shape index (κ1) is 19.6. The van der Waals surface area contributed by atoms with Gasteiger partial charge in [-0.05, 0) is 36.7 Å². The molecule has 0 saturated carbocycles. The molecule has 1 heterocycles. The molecule has 0 spiro atoms. The largest absolute Gasteiger partial charge is 0.373 e. The summed E-state index contributed by atoms with van der Waals surface area (Å²) in [5.74, 6) is 0.473. The molecule has 0 N–H and O–H groups in total. The fourth-order valence-corrected chi connectivity index (χ4v) is 3.55. The topological polar surface area (TPSA) is 12.5 Å². The van der Waals surface area contributed by atoms with E-state index in [-0.39, 0.29) is 18.5 Å². The second-order valence-electron chi connectivity index (χ2n) is 6.20. The van der Waals surface area contributed by atoms with Gasteiger partial charge in [-0.1, -0.05) is 59.6 Å². The highest BCUT2D eigenvalue weighted by atomic mass is 35.5. The number of hydrogen-bond donors (Lipinski definition) is 0. The Labute approximate surface area is 160 Å². The first-order chi connectivity index (χ1) is 11.1. The molecule has 130 valence electrons. The van der Waals surface area contributed by atoms with Gasteiger partial charge in [-0.25, -0.2) is 0 Å². The molecule has 0 radical (unpaired) electrons. The third kappa shape index (κ3) is 4.87. The van der Waals surface area contributed by atoms with Gasteiger partial charge in [0.15, 0.2) is 0 Å². The standard InChI is InChI=1S/C19H21Cl2NO.ClH/c1-22(12-14-5-3-2-4-6-14)13-16-9-10-23-19(16)15-7-8-17(20)18(21)11-15;/h2-8,11,16,19H,9-10,12-13H2,1H3;1H. The average Bonchev–Trinajstić information content (AvgIpc) is 2.99. The molecule has 0 bridgehead atoms. The van der Waals surface area contributed by atoms with Gasteiger partial charge in [0.2, 0.25) is 0 Å². The fraction of sp³-hybridized carbons (Fsp3) is 0.368. The quantitative estimate of drug-likeness (QED) is 0.660. The Morgan fingerprint density at radius 2 is 1.83 bits per heavy atom. The molecule has 0 amide bonds. The fourth-order valence-electron chi connectivity index (χ4n) is 3.24. The lowest BCUT2D eigenvalue weighted by atomic mass is 9.94. The minimum absolute atomic E-state index is 0. The zero-order valence-corrected chi connectivity index (χ0v) is 15.9. The molecule has 1 aliphatic heterocycles. The van der Waals surface area contributed by atoms with Crippen LogP contribution >= 0.6 is 35.6 Å². The average molecular weight is 387 g/mol. The zero-order valence-electron chi connectivity index (χ0n) is 13.6. The van der Waals surface area contributed by atoms with Crippen molar-refractivity contribution >= 4 is 35.6 Å². The van der Waals surface area contributed by atoms with Crippen molar-refractivity contribution in [3.8, 4) is 0 Å².